The summed E-state index contributed by atoms with van der Waals surface area (Å²) in [6.07, 6.45) is 0.830. The molecule has 1 fully saturated rings. The number of anilines is 1. The van der Waals surface area contributed by atoms with Crippen LogP contribution < -0.4 is 4.90 Å². The van der Waals surface area contributed by atoms with E-state index in [1.165, 1.54) is 5.56 Å². The molecule has 0 spiro atoms. The Morgan fingerprint density at radius 1 is 1.08 bits per heavy atom. The molecular formula is C19H16BrNO3. The highest BCUT2D eigenvalue weighted by Gasteiger charge is 2.48. The van der Waals surface area contributed by atoms with Crippen molar-refractivity contribution in [2.75, 3.05) is 11.4 Å². The third kappa shape index (κ3) is 2.53. The summed E-state index contributed by atoms with van der Waals surface area (Å²) in [5.41, 5.74) is 2.65. The lowest BCUT2D eigenvalue weighted by Gasteiger charge is -2.17. The zero-order valence-corrected chi connectivity index (χ0v) is 14.4. The molecule has 1 aliphatic heterocycles. The van der Waals surface area contributed by atoms with Crippen LogP contribution in [0.15, 0.2) is 53.0 Å². The molecule has 2 aliphatic rings. The van der Waals surface area contributed by atoms with Gasteiger partial charge in [0.25, 0.3) is 0 Å². The van der Waals surface area contributed by atoms with Crippen molar-refractivity contribution in [1.82, 2.24) is 0 Å². The van der Waals surface area contributed by atoms with Crippen LogP contribution in [0.1, 0.15) is 29.4 Å². The summed E-state index contributed by atoms with van der Waals surface area (Å²) in [6.45, 7) is 0.233. The van der Waals surface area contributed by atoms with E-state index in [-0.39, 0.29) is 24.3 Å². The lowest BCUT2D eigenvalue weighted by molar-refractivity contribution is -0.138. The van der Waals surface area contributed by atoms with E-state index in [2.05, 4.69) is 15.9 Å². The fourth-order valence-electron chi connectivity index (χ4n) is 3.57. The Hall–Kier alpha value is -2.14. The number of amides is 1. The molecule has 0 saturated heterocycles. The molecule has 5 heteroatoms. The summed E-state index contributed by atoms with van der Waals surface area (Å²) in [7, 11) is 0. The fraction of sp³-hybridized carbons (Fsp3) is 0.263. The van der Waals surface area contributed by atoms with Gasteiger partial charge in [-0.1, -0.05) is 46.3 Å². The van der Waals surface area contributed by atoms with Crippen molar-refractivity contribution >= 4 is 33.5 Å². The van der Waals surface area contributed by atoms with Gasteiger partial charge in [0, 0.05) is 22.6 Å². The molecule has 2 aromatic carbocycles. The normalized spacial score (nSPS) is 24.5. The minimum Gasteiger partial charge on any atom is -0.481 e. The standard InChI is InChI=1S/C19H16BrNO3/c20-12-7-5-11(6-8-12)14-9-15(14)18(22)21-10-16(19(23)24)13-3-1-2-4-17(13)21/h1-8,14-16H,9-10H2,(H,23,24). The van der Waals surface area contributed by atoms with Crippen molar-refractivity contribution in [3.8, 4) is 0 Å². The highest BCUT2D eigenvalue weighted by Crippen LogP contribution is 2.50. The van der Waals surface area contributed by atoms with Gasteiger partial charge in [0.2, 0.25) is 5.91 Å². The molecule has 4 nitrogen and oxygen atoms in total. The third-order valence-corrected chi connectivity index (χ3v) is 5.47. The van der Waals surface area contributed by atoms with Crippen molar-refractivity contribution in [2.45, 2.75) is 18.3 Å². The van der Waals surface area contributed by atoms with Gasteiger partial charge in [-0.15, -0.1) is 0 Å². The molecular weight excluding hydrogens is 370 g/mol. The van der Waals surface area contributed by atoms with Gasteiger partial charge in [0.1, 0.15) is 5.92 Å². The van der Waals surface area contributed by atoms with Crippen LogP contribution >= 0.6 is 15.9 Å². The Balaban J connectivity index is 1.56. The second kappa shape index (κ2) is 5.74. The fourth-order valence-corrected chi connectivity index (χ4v) is 3.84. The molecule has 0 bridgehead atoms. The van der Waals surface area contributed by atoms with Gasteiger partial charge in [-0.2, -0.15) is 0 Å². The van der Waals surface area contributed by atoms with Crippen LogP contribution in [-0.2, 0) is 9.59 Å². The van der Waals surface area contributed by atoms with E-state index in [0.29, 0.717) is 0 Å². The minimum atomic E-state index is -0.877. The number of carbonyl (C=O) groups excluding carboxylic acids is 1. The first-order valence-electron chi connectivity index (χ1n) is 7.95. The second-order valence-corrected chi connectivity index (χ2v) is 7.31. The molecule has 24 heavy (non-hydrogen) atoms. The summed E-state index contributed by atoms with van der Waals surface area (Å²) < 4.78 is 1.02. The highest BCUT2D eigenvalue weighted by atomic mass is 79.9. The average Bonchev–Trinajstić information content (AvgIpc) is 3.28. The van der Waals surface area contributed by atoms with Crippen molar-refractivity contribution in [3.05, 3.63) is 64.1 Å². The average molecular weight is 386 g/mol. The highest BCUT2D eigenvalue weighted by molar-refractivity contribution is 9.10. The van der Waals surface area contributed by atoms with E-state index in [0.717, 1.165) is 22.1 Å². The van der Waals surface area contributed by atoms with Crippen LogP contribution in [0.4, 0.5) is 5.69 Å². The van der Waals surface area contributed by atoms with Gasteiger partial charge in [-0.05, 0) is 41.7 Å². The minimum absolute atomic E-state index is 0.0409. The number of para-hydroxylation sites is 1. The SMILES string of the molecule is O=C(O)C1CN(C(=O)C2CC2c2ccc(Br)cc2)c2ccccc21. The van der Waals surface area contributed by atoms with Crippen molar-refractivity contribution in [3.63, 3.8) is 0 Å². The number of benzene rings is 2. The quantitative estimate of drug-likeness (QED) is 0.874. The van der Waals surface area contributed by atoms with E-state index in [4.69, 9.17) is 0 Å². The largest absolute Gasteiger partial charge is 0.481 e. The van der Waals surface area contributed by atoms with Crippen LogP contribution in [0.3, 0.4) is 0 Å². The van der Waals surface area contributed by atoms with Gasteiger partial charge in [-0.25, -0.2) is 0 Å². The van der Waals surface area contributed by atoms with Crippen LogP contribution in [-0.4, -0.2) is 23.5 Å². The summed E-state index contributed by atoms with van der Waals surface area (Å²) in [5.74, 6) is -1.28. The Morgan fingerprint density at radius 2 is 1.79 bits per heavy atom. The first-order chi connectivity index (χ1) is 11.6. The number of fused-ring (bicyclic) bond motifs is 1. The van der Waals surface area contributed by atoms with Crippen LogP contribution in [0.2, 0.25) is 0 Å². The van der Waals surface area contributed by atoms with Crippen LogP contribution in [0.25, 0.3) is 0 Å². The van der Waals surface area contributed by atoms with E-state index < -0.39 is 11.9 Å². The molecule has 0 radical (unpaired) electrons. The van der Waals surface area contributed by atoms with Crippen molar-refractivity contribution < 1.29 is 14.7 Å². The number of carboxylic acids is 1. The Bertz CT molecular complexity index is 818. The molecule has 1 heterocycles. The molecule has 2 aromatic rings. The molecule has 1 amide bonds. The molecule has 122 valence electrons. The first-order valence-corrected chi connectivity index (χ1v) is 8.74. The van der Waals surface area contributed by atoms with E-state index in [9.17, 15) is 14.7 Å². The van der Waals surface area contributed by atoms with Crippen LogP contribution in [0, 0.1) is 5.92 Å². The van der Waals surface area contributed by atoms with Gasteiger partial charge in [0.05, 0.1) is 0 Å². The molecule has 4 rings (SSSR count). The first kappa shape index (κ1) is 15.4. The smallest absolute Gasteiger partial charge is 0.312 e. The number of carbonyl (C=O) groups is 2. The van der Waals surface area contributed by atoms with Gasteiger partial charge < -0.3 is 10.0 Å². The van der Waals surface area contributed by atoms with E-state index in [1.807, 2.05) is 42.5 Å². The van der Waals surface area contributed by atoms with Crippen molar-refractivity contribution in [2.24, 2.45) is 5.92 Å². The molecule has 1 N–H and O–H groups in total. The number of aliphatic carboxylic acids is 1. The summed E-state index contributed by atoms with van der Waals surface area (Å²) >= 11 is 3.42. The maximum Gasteiger partial charge on any atom is 0.312 e. The van der Waals surface area contributed by atoms with E-state index in [1.54, 1.807) is 11.0 Å². The molecule has 3 atom stereocenters. The predicted octanol–water partition coefficient (Wildman–Crippen LogP) is 3.77. The Kier molecular flexibility index (Phi) is 3.68. The number of hydrogen-bond donors (Lipinski definition) is 1. The van der Waals surface area contributed by atoms with Crippen molar-refractivity contribution in [1.29, 1.82) is 0 Å². The summed E-state index contributed by atoms with van der Waals surface area (Å²) in [6, 6.07) is 15.4. The zero-order valence-electron chi connectivity index (χ0n) is 12.9. The second-order valence-electron chi connectivity index (χ2n) is 6.40. The Labute approximate surface area is 148 Å². The molecule has 1 aliphatic carbocycles. The van der Waals surface area contributed by atoms with E-state index >= 15 is 0 Å². The third-order valence-electron chi connectivity index (χ3n) is 4.94. The lowest BCUT2D eigenvalue weighted by Crippen LogP contribution is -2.32. The number of hydrogen-bond acceptors (Lipinski definition) is 2. The molecule has 0 aromatic heterocycles. The van der Waals surface area contributed by atoms with Crippen LogP contribution in [0.5, 0.6) is 0 Å². The number of rotatable bonds is 3. The zero-order chi connectivity index (χ0) is 16.8. The monoisotopic (exact) mass is 385 g/mol. The summed E-state index contributed by atoms with van der Waals surface area (Å²) in [5, 5.41) is 9.43. The maximum absolute atomic E-state index is 12.9. The number of nitrogens with zero attached hydrogens (tertiary/aromatic N) is 1. The van der Waals surface area contributed by atoms with Gasteiger partial charge >= 0.3 is 5.97 Å². The molecule has 1 saturated carbocycles. The molecule has 3 unspecified atom stereocenters. The maximum atomic E-state index is 12.9. The number of halogens is 1. The predicted molar refractivity (Wildman–Crippen MR) is 94.2 cm³/mol. The van der Waals surface area contributed by atoms with Gasteiger partial charge in [-0.3, -0.25) is 9.59 Å². The summed E-state index contributed by atoms with van der Waals surface area (Å²) in [4.78, 5) is 26.1. The lowest BCUT2D eigenvalue weighted by atomic mass is 10.0. The van der Waals surface area contributed by atoms with Gasteiger partial charge in [0.15, 0.2) is 0 Å². The number of carboxylic acid groups (broad SMARTS) is 1. The topological polar surface area (TPSA) is 57.6 Å². The Morgan fingerprint density at radius 3 is 2.50 bits per heavy atom.